The van der Waals surface area contributed by atoms with Gasteiger partial charge in [-0.1, -0.05) is 18.3 Å². The molecule has 2 aromatic rings. The van der Waals surface area contributed by atoms with Gasteiger partial charge in [0.05, 0.1) is 0 Å². The molecule has 0 saturated carbocycles. The molecule has 0 aliphatic carbocycles. The van der Waals surface area contributed by atoms with Gasteiger partial charge in [0.2, 0.25) is 0 Å². The number of hydrogen-bond acceptors (Lipinski definition) is 1. The molecule has 0 radical (unpaired) electrons. The summed E-state index contributed by atoms with van der Waals surface area (Å²) in [5.41, 5.74) is 1.00. The van der Waals surface area contributed by atoms with Crippen LogP contribution in [-0.4, -0.2) is 28.0 Å². The van der Waals surface area contributed by atoms with E-state index in [-0.39, 0.29) is 40.0 Å². The molecule has 0 aliphatic heterocycles. The molecular weight excluding hydrogens is 226 g/mol. The molecule has 0 saturated heterocycles. The maximum Gasteiger partial charge on any atom is 2.00 e. The molecule has 1 aromatic heterocycles. The zero-order chi connectivity index (χ0) is 6.81. The van der Waals surface area contributed by atoms with Crippen molar-refractivity contribution in [2.75, 3.05) is 0 Å². The number of aromatic nitrogens is 1. The van der Waals surface area contributed by atoms with E-state index in [2.05, 4.69) is 11.1 Å². The maximum atomic E-state index is 4.15. The van der Waals surface area contributed by atoms with E-state index in [0.717, 1.165) is 10.9 Å². The van der Waals surface area contributed by atoms with Crippen molar-refractivity contribution in [3.63, 3.8) is 0 Å². The number of halogens is 1. The Morgan fingerprint density at radius 2 is 1.92 bits per heavy atom. The summed E-state index contributed by atoms with van der Waals surface area (Å²) in [4.78, 5) is 4.15. The van der Waals surface area contributed by atoms with E-state index in [1.54, 1.807) is 6.20 Å². The fourth-order valence-corrected chi connectivity index (χ4v) is 0.953. The van der Waals surface area contributed by atoms with Crippen molar-refractivity contribution < 1.29 is 17.0 Å². The van der Waals surface area contributed by atoms with Gasteiger partial charge in [-0.15, -0.1) is 29.7 Å². The third kappa shape index (κ3) is 2.43. The van der Waals surface area contributed by atoms with Gasteiger partial charge in [0.25, 0.3) is 0 Å². The molecule has 3 heteroatoms. The quantitative estimate of drug-likeness (QED) is 0.405. The number of nitrogens with zero attached hydrogens (tertiary/aromatic N) is 1. The van der Waals surface area contributed by atoms with Crippen LogP contribution in [0.2, 0.25) is 0 Å². The second kappa shape index (κ2) is 5.51. The molecule has 0 spiro atoms. The van der Waals surface area contributed by atoms with Gasteiger partial charge in [-0.05, 0) is 5.52 Å². The van der Waals surface area contributed by atoms with E-state index >= 15 is 0 Å². The Bertz CT molecular complexity index is 286. The van der Waals surface area contributed by atoms with E-state index in [1.165, 1.54) is 0 Å². The van der Waals surface area contributed by atoms with Gasteiger partial charge in [-0.3, -0.25) is 0 Å². The number of rotatable bonds is 0. The third-order valence-electron chi connectivity index (χ3n) is 1.43. The van der Waals surface area contributed by atoms with Crippen LogP contribution < -0.4 is 17.0 Å². The summed E-state index contributed by atoms with van der Waals surface area (Å²) in [6.07, 6.45) is 1.75. The largest absolute Gasteiger partial charge is 2.00 e. The SMILES string of the molecule is [Br-].[Mg+2].[c-]1ccnc2ccccc12. The Kier molecular flexibility index (Phi) is 5.45. The summed E-state index contributed by atoms with van der Waals surface area (Å²) in [5, 5.41) is 1.07. The molecule has 56 valence electrons. The van der Waals surface area contributed by atoms with Gasteiger partial charge in [-0.25, -0.2) is 0 Å². The summed E-state index contributed by atoms with van der Waals surface area (Å²) >= 11 is 0. The fourth-order valence-electron chi connectivity index (χ4n) is 0.953. The van der Waals surface area contributed by atoms with Crippen LogP contribution in [0.5, 0.6) is 0 Å². The zero-order valence-electron chi connectivity index (χ0n) is 6.50. The zero-order valence-corrected chi connectivity index (χ0v) is 9.50. The van der Waals surface area contributed by atoms with Crippen molar-refractivity contribution in [1.82, 2.24) is 4.98 Å². The van der Waals surface area contributed by atoms with Crippen LogP contribution in [0.3, 0.4) is 0 Å². The molecule has 0 unspecified atom stereocenters. The Balaban J connectivity index is 0.000000605. The summed E-state index contributed by atoms with van der Waals surface area (Å²) in [6.45, 7) is 0. The third-order valence-corrected chi connectivity index (χ3v) is 1.43. The predicted molar refractivity (Wildman–Crippen MR) is 46.3 cm³/mol. The summed E-state index contributed by atoms with van der Waals surface area (Å²) in [5.74, 6) is 0. The molecule has 0 bridgehead atoms. The number of pyridine rings is 1. The minimum atomic E-state index is 0. The minimum Gasteiger partial charge on any atom is -1.00 e. The predicted octanol–water partition coefficient (Wildman–Crippen LogP) is -1.34. The van der Waals surface area contributed by atoms with Crippen molar-refractivity contribution in [2.24, 2.45) is 0 Å². The normalized spacial score (nSPS) is 8.33. The van der Waals surface area contributed by atoms with E-state index in [1.807, 2.05) is 30.3 Å². The van der Waals surface area contributed by atoms with Crippen molar-refractivity contribution in [2.45, 2.75) is 0 Å². The Labute approximate surface area is 98.1 Å². The van der Waals surface area contributed by atoms with Gasteiger partial charge >= 0.3 is 23.1 Å². The first-order chi connectivity index (χ1) is 4.97. The monoisotopic (exact) mass is 231 g/mol. The van der Waals surface area contributed by atoms with E-state index in [4.69, 9.17) is 0 Å². The van der Waals surface area contributed by atoms with Gasteiger partial charge in [0, 0.05) is 0 Å². The topological polar surface area (TPSA) is 12.9 Å². The Hall–Kier alpha value is -0.124. The second-order valence-corrected chi connectivity index (χ2v) is 2.11. The average molecular weight is 232 g/mol. The molecule has 0 aliphatic rings. The standard InChI is InChI=1S/C9H6N.BrH.Mg/c1-2-6-9-8(4-1)5-3-7-10-9;;/h1-4,6-7H;1H;/q-1;;+2/p-1. The van der Waals surface area contributed by atoms with Crippen molar-refractivity contribution in [3.8, 4) is 0 Å². The van der Waals surface area contributed by atoms with Crippen molar-refractivity contribution in [3.05, 3.63) is 42.6 Å². The summed E-state index contributed by atoms with van der Waals surface area (Å²) < 4.78 is 0. The van der Waals surface area contributed by atoms with Gasteiger partial charge in [-0.2, -0.15) is 0 Å². The molecule has 1 nitrogen and oxygen atoms in total. The first kappa shape index (κ1) is 11.9. The van der Waals surface area contributed by atoms with E-state index in [0.29, 0.717) is 0 Å². The van der Waals surface area contributed by atoms with Crippen molar-refractivity contribution in [1.29, 1.82) is 0 Å². The van der Waals surface area contributed by atoms with E-state index in [9.17, 15) is 0 Å². The van der Waals surface area contributed by atoms with Crippen LogP contribution in [0.1, 0.15) is 0 Å². The Morgan fingerprint density at radius 1 is 1.17 bits per heavy atom. The smallest absolute Gasteiger partial charge is 1.00 e. The van der Waals surface area contributed by atoms with Crippen LogP contribution in [-0.2, 0) is 0 Å². The first-order valence-electron chi connectivity index (χ1n) is 3.18. The molecule has 1 aromatic carbocycles. The van der Waals surface area contributed by atoms with Crippen molar-refractivity contribution >= 4 is 34.0 Å². The summed E-state index contributed by atoms with van der Waals surface area (Å²) in [6, 6.07) is 12.9. The number of hydrogen-bond donors (Lipinski definition) is 0. The molecule has 1 heterocycles. The molecule has 2 rings (SSSR count). The van der Waals surface area contributed by atoms with Gasteiger partial charge in [0.15, 0.2) is 0 Å². The molecular formula is C9H6BrMgN. The number of para-hydroxylation sites is 1. The van der Waals surface area contributed by atoms with Crippen LogP contribution in [0.25, 0.3) is 10.9 Å². The first-order valence-corrected chi connectivity index (χ1v) is 3.18. The molecule has 0 amide bonds. The average Bonchev–Trinajstić information content (AvgIpc) is 2.05. The molecule has 12 heavy (non-hydrogen) atoms. The minimum absolute atomic E-state index is 0. The summed E-state index contributed by atoms with van der Waals surface area (Å²) in [7, 11) is 0. The maximum absolute atomic E-state index is 4.15. The van der Waals surface area contributed by atoms with Crippen LogP contribution in [0, 0.1) is 6.07 Å². The fraction of sp³-hybridized carbons (Fsp3) is 0. The Morgan fingerprint density at radius 3 is 2.67 bits per heavy atom. The van der Waals surface area contributed by atoms with Gasteiger partial charge < -0.3 is 22.0 Å². The van der Waals surface area contributed by atoms with E-state index < -0.39 is 0 Å². The molecule has 0 atom stereocenters. The molecule has 0 fully saturated rings. The molecule has 0 N–H and O–H groups in total. The number of benzene rings is 1. The van der Waals surface area contributed by atoms with Crippen LogP contribution >= 0.6 is 0 Å². The van der Waals surface area contributed by atoms with Crippen LogP contribution in [0.15, 0.2) is 36.5 Å². The van der Waals surface area contributed by atoms with Crippen LogP contribution in [0.4, 0.5) is 0 Å². The van der Waals surface area contributed by atoms with Gasteiger partial charge in [0.1, 0.15) is 0 Å². The second-order valence-electron chi connectivity index (χ2n) is 2.11. The number of fused-ring (bicyclic) bond motifs is 1.